The average molecular weight is 313 g/mol. The van der Waals surface area contributed by atoms with E-state index >= 15 is 0 Å². The maximum Gasteiger partial charge on any atom is 0.137 e. The molecule has 2 aromatic rings. The van der Waals surface area contributed by atoms with Crippen molar-refractivity contribution < 1.29 is 4.42 Å². The molecule has 0 bridgehead atoms. The first-order valence-corrected chi connectivity index (χ1v) is 6.96. The standard InChI is InChI=1S/C12H13BrN2OS/c13-10-6-7-16-12(10)11(15-14)8-17-9-4-2-1-3-5-9/h1-7,11,15H,8,14H2. The molecule has 1 aromatic heterocycles. The lowest BCUT2D eigenvalue weighted by Crippen LogP contribution is -2.29. The van der Waals surface area contributed by atoms with Gasteiger partial charge in [-0.2, -0.15) is 0 Å². The lowest BCUT2D eigenvalue weighted by molar-refractivity contribution is 0.438. The molecule has 1 atom stereocenters. The molecule has 17 heavy (non-hydrogen) atoms. The van der Waals surface area contributed by atoms with Gasteiger partial charge >= 0.3 is 0 Å². The minimum Gasteiger partial charge on any atom is -0.466 e. The quantitative estimate of drug-likeness (QED) is 0.505. The molecular weight excluding hydrogens is 300 g/mol. The Labute approximate surface area is 113 Å². The topological polar surface area (TPSA) is 51.2 Å². The van der Waals surface area contributed by atoms with Crippen LogP contribution in [0.25, 0.3) is 0 Å². The van der Waals surface area contributed by atoms with E-state index in [1.165, 1.54) is 4.90 Å². The highest BCUT2D eigenvalue weighted by atomic mass is 79.9. The summed E-state index contributed by atoms with van der Waals surface area (Å²) in [5.74, 6) is 7.19. The molecule has 3 nitrogen and oxygen atoms in total. The van der Waals surface area contributed by atoms with Crippen LogP contribution >= 0.6 is 27.7 Å². The summed E-state index contributed by atoms with van der Waals surface area (Å²) in [5, 5.41) is 0. The van der Waals surface area contributed by atoms with Crippen molar-refractivity contribution in [1.29, 1.82) is 0 Å². The number of benzene rings is 1. The zero-order valence-corrected chi connectivity index (χ0v) is 11.5. The Hall–Kier alpha value is -0.750. The van der Waals surface area contributed by atoms with E-state index in [0.717, 1.165) is 16.0 Å². The summed E-state index contributed by atoms with van der Waals surface area (Å²) in [6.45, 7) is 0. The fourth-order valence-corrected chi connectivity index (χ4v) is 2.88. The second-order valence-electron chi connectivity index (χ2n) is 3.48. The van der Waals surface area contributed by atoms with E-state index in [9.17, 15) is 0 Å². The molecule has 1 heterocycles. The molecule has 0 aliphatic heterocycles. The molecule has 0 saturated heterocycles. The van der Waals surface area contributed by atoms with Crippen molar-refractivity contribution in [3.05, 3.63) is 52.9 Å². The maximum atomic E-state index is 5.55. The summed E-state index contributed by atoms with van der Waals surface area (Å²) in [7, 11) is 0. The number of thioether (sulfide) groups is 1. The van der Waals surface area contributed by atoms with Crippen molar-refractivity contribution in [2.75, 3.05) is 5.75 Å². The van der Waals surface area contributed by atoms with E-state index in [0.29, 0.717) is 0 Å². The summed E-state index contributed by atoms with van der Waals surface area (Å²) in [6.07, 6.45) is 1.65. The lowest BCUT2D eigenvalue weighted by Gasteiger charge is -2.13. The Kier molecular flexibility index (Phi) is 4.67. The SMILES string of the molecule is NNC(CSc1ccccc1)c1occc1Br. The number of hydrogen-bond donors (Lipinski definition) is 2. The molecule has 0 radical (unpaired) electrons. The van der Waals surface area contributed by atoms with Crippen LogP contribution in [0.4, 0.5) is 0 Å². The molecule has 0 amide bonds. The van der Waals surface area contributed by atoms with Crippen molar-refractivity contribution >= 4 is 27.7 Å². The third kappa shape index (κ3) is 3.35. The van der Waals surface area contributed by atoms with Crippen LogP contribution < -0.4 is 11.3 Å². The zero-order chi connectivity index (χ0) is 12.1. The van der Waals surface area contributed by atoms with Crippen LogP contribution in [0.2, 0.25) is 0 Å². The van der Waals surface area contributed by atoms with E-state index in [4.69, 9.17) is 10.3 Å². The van der Waals surface area contributed by atoms with Gasteiger partial charge in [0.25, 0.3) is 0 Å². The molecule has 0 aliphatic rings. The molecule has 0 aliphatic carbocycles. The number of rotatable bonds is 5. The van der Waals surface area contributed by atoms with Crippen molar-refractivity contribution in [3.63, 3.8) is 0 Å². The van der Waals surface area contributed by atoms with Crippen LogP contribution in [0.3, 0.4) is 0 Å². The minimum absolute atomic E-state index is 0.00965. The summed E-state index contributed by atoms with van der Waals surface area (Å²) in [6, 6.07) is 12.1. The maximum absolute atomic E-state index is 5.55. The molecule has 0 saturated carbocycles. The van der Waals surface area contributed by atoms with Crippen LogP contribution in [0, 0.1) is 0 Å². The molecule has 2 rings (SSSR count). The Bertz CT molecular complexity index is 461. The Morgan fingerprint density at radius 3 is 2.65 bits per heavy atom. The highest BCUT2D eigenvalue weighted by Crippen LogP contribution is 2.29. The van der Waals surface area contributed by atoms with Gasteiger partial charge in [-0.3, -0.25) is 5.84 Å². The first kappa shape index (κ1) is 12.7. The first-order valence-electron chi connectivity index (χ1n) is 5.18. The largest absolute Gasteiger partial charge is 0.466 e. The fourth-order valence-electron chi connectivity index (χ4n) is 1.45. The van der Waals surface area contributed by atoms with Gasteiger partial charge in [0, 0.05) is 10.6 Å². The minimum atomic E-state index is -0.00965. The predicted octanol–water partition coefficient (Wildman–Crippen LogP) is 3.34. The van der Waals surface area contributed by atoms with Gasteiger partial charge in [0.15, 0.2) is 0 Å². The highest BCUT2D eigenvalue weighted by molar-refractivity contribution is 9.10. The third-order valence-corrected chi connectivity index (χ3v) is 4.08. The molecule has 5 heteroatoms. The van der Waals surface area contributed by atoms with E-state index in [2.05, 4.69) is 33.5 Å². The smallest absolute Gasteiger partial charge is 0.137 e. The van der Waals surface area contributed by atoms with Crippen LogP contribution in [0.15, 0.2) is 56.4 Å². The molecule has 0 spiro atoms. The van der Waals surface area contributed by atoms with Crippen LogP contribution in [-0.2, 0) is 0 Å². The van der Waals surface area contributed by atoms with E-state index in [1.54, 1.807) is 18.0 Å². The normalized spacial score (nSPS) is 12.6. The fraction of sp³-hybridized carbons (Fsp3) is 0.167. The second kappa shape index (κ2) is 6.26. The zero-order valence-electron chi connectivity index (χ0n) is 9.10. The van der Waals surface area contributed by atoms with Crippen molar-refractivity contribution in [1.82, 2.24) is 5.43 Å². The van der Waals surface area contributed by atoms with Gasteiger partial charge in [-0.1, -0.05) is 18.2 Å². The van der Waals surface area contributed by atoms with E-state index in [-0.39, 0.29) is 6.04 Å². The number of nitrogens with one attached hydrogen (secondary N) is 1. The van der Waals surface area contributed by atoms with Crippen LogP contribution in [-0.4, -0.2) is 5.75 Å². The van der Waals surface area contributed by atoms with Crippen molar-refractivity contribution in [3.8, 4) is 0 Å². The second-order valence-corrected chi connectivity index (χ2v) is 5.42. The van der Waals surface area contributed by atoms with Gasteiger partial charge in [0.2, 0.25) is 0 Å². The lowest BCUT2D eigenvalue weighted by atomic mass is 10.3. The van der Waals surface area contributed by atoms with Crippen molar-refractivity contribution in [2.24, 2.45) is 5.84 Å². The summed E-state index contributed by atoms with van der Waals surface area (Å²) in [4.78, 5) is 1.22. The Morgan fingerprint density at radius 1 is 1.29 bits per heavy atom. The summed E-state index contributed by atoms with van der Waals surface area (Å²) in [5.41, 5.74) is 2.77. The molecular formula is C12H13BrN2OS. The number of furan rings is 1. The Balaban J connectivity index is 2.00. The monoisotopic (exact) mass is 312 g/mol. The molecule has 3 N–H and O–H groups in total. The van der Waals surface area contributed by atoms with Crippen LogP contribution in [0.1, 0.15) is 11.8 Å². The Morgan fingerprint density at radius 2 is 2.06 bits per heavy atom. The average Bonchev–Trinajstić information content (AvgIpc) is 2.78. The number of hydrazine groups is 1. The summed E-state index contributed by atoms with van der Waals surface area (Å²) < 4.78 is 6.34. The number of hydrogen-bond acceptors (Lipinski definition) is 4. The first-order chi connectivity index (χ1) is 8.31. The van der Waals surface area contributed by atoms with Gasteiger partial charge in [-0.25, -0.2) is 5.43 Å². The highest BCUT2D eigenvalue weighted by Gasteiger charge is 2.16. The molecule has 1 unspecified atom stereocenters. The third-order valence-electron chi connectivity index (χ3n) is 2.32. The predicted molar refractivity (Wildman–Crippen MR) is 73.6 cm³/mol. The van der Waals surface area contributed by atoms with Crippen molar-refractivity contribution in [2.45, 2.75) is 10.9 Å². The van der Waals surface area contributed by atoms with Gasteiger partial charge in [0.05, 0.1) is 16.8 Å². The number of halogens is 1. The van der Waals surface area contributed by atoms with Gasteiger partial charge in [-0.05, 0) is 34.1 Å². The molecule has 0 fully saturated rings. The number of nitrogens with two attached hydrogens (primary N) is 1. The molecule has 1 aromatic carbocycles. The summed E-state index contributed by atoms with van der Waals surface area (Å²) >= 11 is 5.17. The van der Waals surface area contributed by atoms with Gasteiger partial charge < -0.3 is 4.42 Å². The van der Waals surface area contributed by atoms with Gasteiger partial charge in [0.1, 0.15) is 5.76 Å². The van der Waals surface area contributed by atoms with E-state index < -0.39 is 0 Å². The van der Waals surface area contributed by atoms with E-state index in [1.807, 2.05) is 24.3 Å². The molecule has 90 valence electrons. The van der Waals surface area contributed by atoms with Gasteiger partial charge in [-0.15, -0.1) is 11.8 Å². The van der Waals surface area contributed by atoms with Crippen LogP contribution in [0.5, 0.6) is 0 Å².